The Bertz CT molecular complexity index is 148. The van der Waals surface area contributed by atoms with E-state index in [1.165, 1.54) is 57.8 Å². The highest BCUT2D eigenvalue weighted by atomic mass is 14.3. The molecule has 1 aliphatic rings. The quantitative estimate of drug-likeness (QED) is 0.439. The Morgan fingerprint density at radius 3 is 1.89 bits per heavy atom. The number of unbranched alkanes of at least 4 members (excludes halogenated alkanes) is 3. The fourth-order valence-corrected chi connectivity index (χ4v) is 2.84. The average Bonchev–Trinajstić information content (AvgIpc) is 2.87. The second-order valence-electron chi connectivity index (χ2n) is 6.24. The Morgan fingerprint density at radius 2 is 1.47 bits per heavy atom. The van der Waals surface area contributed by atoms with Gasteiger partial charge in [0.15, 0.2) is 0 Å². The molecule has 0 aliphatic heterocycles. The Morgan fingerprint density at radius 1 is 0.895 bits per heavy atom. The first-order valence-corrected chi connectivity index (χ1v) is 9.15. The van der Waals surface area contributed by atoms with Crippen molar-refractivity contribution in [2.75, 3.05) is 0 Å². The molecule has 0 radical (unpaired) electrons. The van der Waals surface area contributed by atoms with E-state index >= 15 is 0 Å². The SMILES string of the molecule is CC.CCC.CCCCCCC1CC[C@H](C(C)C)C1. The van der Waals surface area contributed by atoms with E-state index in [1.807, 2.05) is 13.8 Å². The molecular formula is C19H42. The summed E-state index contributed by atoms with van der Waals surface area (Å²) in [5, 5.41) is 0. The van der Waals surface area contributed by atoms with Crippen LogP contribution in [0.4, 0.5) is 0 Å². The summed E-state index contributed by atoms with van der Waals surface area (Å²) in [4.78, 5) is 0. The average molecular weight is 271 g/mol. The van der Waals surface area contributed by atoms with Gasteiger partial charge in [0, 0.05) is 0 Å². The van der Waals surface area contributed by atoms with Crippen LogP contribution in [0, 0.1) is 17.8 Å². The first-order valence-electron chi connectivity index (χ1n) is 9.15. The van der Waals surface area contributed by atoms with Crippen LogP contribution in [0.5, 0.6) is 0 Å². The lowest BCUT2D eigenvalue weighted by molar-refractivity contribution is 0.368. The molecule has 0 N–H and O–H groups in total. The second kappa shape index (κ2) is 16.1. The van der Waals surface area contributed by atoms with Gasteiger partial charge in [-0.05, 0) is 30.6 Å². The minimum absolute atomic E-state index is 0.927. The molecule has 1 unspecified atom stereocenters. The van der Waals surface area contributed by atoms with Crippen molar-refractivity contribution >= 4 is 0 Å². The summed E-state index contributed by atoms with van der Waals surface area (Å²) in [5.74, 6) is 3.06. The smallest absolute Gasteiger partial charge is 0.0388 e. The molecule has 1 rings (SSSR count). The van der Waals surface area contributed by atoms with Crippen LogP contribution >= 0.6 is 0 Å². The normalized spacial score (nSPS) is 21.5. The van der Waals surface area contributed by atoms with Gasteiger partial charge >= 0.3 is 0 Å². The maximum absolute atomic E-state index is 2.39. The van der Waals surface area contributed by atoms with Crippen LogP contribution in [0.2, 0.25) is 0 Å². The standard InChI is InChI=1S/C14H28.C3H8.C2H6/c1-4-5-6-7-8-13-9-10-14(11-13)12(2)3;1-3-2;1-2/h12-14H,4-11H2,1-3H3;3H2,1-2H3;1-2H3/t13?,14-;;/m0../s1. The van der Waals surface area contributed by atoms with Gasteiger partial charge in [-0.15, -0.1) is 0 Å². The van der Waals surface area contributed by atoms with Gasteiger partial charge in [-0.1, -0.05) is 93.4 Å². The molecular weight excluding hydrogens is 228 g/mol. The van der Waals surface area contributed by atoms with Crippen molar-refractivity contribution in [3.8, 4) is 0 Å². The van der Waals surface area contributed by atoms with E-state index in [2.05, 4.69) is 34.6 Å². The number of rotatable bonds is 6. The van der Waals surface area contributed by atoms with Crippen LogP contribution in [0.15, 0.2) is 0 Å². The Kier molecular flexibility index (Phi) is 18.0. The molecule has 1 aliphatic carbocycles. The van der Waals surface area contributed by atoms with E-state index in [1.54, 1.807) is 0 Å². The molecule has 1 saturated carbocycles. The lowest BCUT2D eigenvalue weighted by Gasteiger charge is -2.14. The third-order valence-electron chi connectivity index (χ3n) is 3.99. The zero-order valence-corrected chi connectivity index (χ0v) is 15.1. The summed E-state index contributed by atoms with van der Waals surface area (Å²) in [6.07, 6.45) is 13.1. The molecule has 0 bridgehead atoms. The molecule has 0 nitrogen and oxygen atoms in total. The largest absolute Gasteiger partial charge is 0.0683 e. The van der Waals surface area contributed by atoms with E-state index < -0.39 is 0 Å². The summed E-state index contributed by atoms with van der Waals surface area (Å²) >= 11 is 0. The zero-order valence-electron chi connectivity index (χ0n) is 15.1. The van der Waals surface area contributed by atoms with Gasteiger partial charge in [0.1, 0.15) is 0 Å². The lowest BCUT2D eigenvalue weighted by Crippen LogP contribution is -2.04. The summed E-state index contributed by atoms with van der Waals surface area (Å²) in [5.41, 5.74) is 0. The second-order valence-corrected chi connectivity index (χ2v) is 6.24. The fraction of sp³-hybridized carbons (Fsp3) is 1.00. The van der Waals surface area contributed by atoms with Crippen LogP contribution in [0.25, 0.3) is 0 Å². The van der Waals surface area contributed by atoms with Gasteiger partial charge in [-0.25, -0.2) is 0 Å². The molecule has 1 fully saturated rings. The van der Waals surface area contributed by atoms with Crippen LogP contribution in [-0.2, 0) is 0 Å². The number of hydrogen-bond donors (Lipinski definition) is 0. The van der Waals surface area contributed by atoms with Crippen molar-refractivity contribution in [2.45, 2.75) is 106 Å². The lowest BCUT2D eigenvalue weighted by atomic mass is 9.92. The van der Waals surface area contributed by atoms with Crippen LogP contribution in [-0.4, -0.2) is 0 Å². The highest BCUT2D eigenvalue weighted by Gasteiger charge is 2.25. The molecule has 0 heteroatoms. The van der Waals surface area contributed by atoms with Crippen LogP contribution in [0.1, 0.15) is 106 Å². The van der Waals surface area contributed by atoms with E-state index in [0.29, 0.717) is 0 Å². The summed E-state index contributed by atoms with van der Waals surface area (Å²) in [6, 6.07) is 0. The number of hydrogen-bond acceptors (Lipinski definition) is 0. The van der Waals surface area contributed by atoms with Crippen molar-refractivity contribution < 1.29 is 0 Å². The van der Waals surface area contributed by atoms with Gasteiger partial charge in [0.25, 0.3) is 0 Å². The zero-order chi connectivity index (χ0) is 15.1. The molecule has 0 aromatic heterocycles. The third-order valence-corrected chi connectivity index (χ3v) is 3.99. The molecule has 0 heterocycles. The van der Waals surface area contributed by atoms with Gasteiger partial charge in [0.05, 0.1) is 0 Å². The predicted octanol–water partition coefficient (Wildman–Crippen LogP) is 7.47. The topological polar surface area (TPSA) is 0 Å². The highest BCUT2D eigenvalue weighted by Crippen LogP contribution is 2.38. The van der Waals surface area contributed by atoms with Crippen LogP contribution < -0.4 is 0 Å². The van der Waals surface area contributed by atoms with Gasteiger partial charge in [-0.3, -0.25) is 0 Å². The van der Waals surface area contributed by atoms with Gasteiger partial charge in [0.2, 0.25) is 0 Å². The maximum atomic E-state index is 2.39. The highest BCUT2D eigenvalue weighted by molar-refractivity contribution is 4.77. The molecule has 0 amide bonds. The van der Waals surface area contributed by atoms with Crippen molar-refractivity contribution in [1.82, 2.24) is 0 Å². The molecule has 0 aromatic carbocycles. The first-order chi connectivity index (χ1) is 9.15. The monoisotopic (exact) mass is 270 g/mol. The predicted molar refractivity (Wildman–Crippen MR) is 91.7 cm³/mol. The van der Waals surface area contributed by atoms with Crippen LogP contribution in [0.3, 0.4) is 0 Å². The molecule has 0 spiro atoms. The third kappa shape index (κ3) is 12.8. The maximum Gasteiger partial charge on any atom is -0.0388 e. The van der Waals surface area contributed by atoms with Crippen molar-refractivity contribution in [3.05, 3.63) is 0 Å². The van der Waals surface area contributed by atoms with Crippen molar-refractivity contribution in [2.24, 2.45) is 17.8 Å². The minimum Gasteiger partial charge on any atom is -0.0683 e. The van der Waals surface area contributed by atoms with E-state index in [9.17, 15) is 0 Å². The van der Waals surface area contributed by atoms with Gasteiger partial charge in [-0.2, -0.15) is 0 Å². The fourth-order valence-electron chi connectivity index (χ4n) is 2.84. The molecule has 2 atom stereocenters. The van der Waals surface area contributed by atoms with Crippen molar-refractivity contribution in [1.29, 1.82) is 0 Å². The molecule has 0 saturated heterocycles. The van der Waals surface area contributed by atoms with E-state index in [0.717, 1.165) is 17.8 Å². The summed E-state index contributed by atoms with van der Waals surface area (Å²) in [6.45, 7) is 15.3. The molecule has 19 heavy (non-hydrogen) atoms. The summed E-state index contributed by atoms with van der Waals surface area (Å²) < 4.78 is 0. The minimum atomic E-state index is 0.927. The summed E-state index contributed by atoms with van der Waals surface area (Å²) in [7, 11) is 0. The Labute approximate surface area is 124 Å². The van der Waals surface area contributed by atoms with E-state index in [-0.39, 0.29) is 0 Å². The molecule has 0 aromatic rings. The molecule has 118 valence electrons. The Balaban J connectivity index is 0. The Hall–Kier alpha value is 0. The van der Waals surface area contributed by atoms with E-state index in [4.69, 9.17) is 0 Å². The van der Waals surface area contributed by atoms with Gasteiger partial charge < -0.3 is 0 Å². The first kappa shape index (κ1) is 21.3. The van der Waals surface area contributed by atoms with Crippen molar-refractivity contribution in [3.63, 3.8) is 0 Å².